The molecule has 0 aliphatic rings. The number of aliphatic hydroxyl groups is 1. The number of phosphoric acid groups is 1. The van der Waals surface area contributed by atoms with Crippen LogP contribution in [0.4, 0.5) is 0 Å². The Morgan fingerprint density at radius 2 is 0.776 bits per heavy atom. The average Bonchev–Trinajstić information content (AvgIpc) is 3.38. The van der Waals surface area contributed by atoms with Gasteiger partial charge >= 0.3 is 0 Å². The zero-order valence-corrected chi connectivity index (χ0v) is 51.9. The second-order valence-electron chi connectivity index (χ2n) is 23.4. The predicted molar refractivity (Wildman–Crippen MR) is 330 cm³/mol. The van der Waals surface area contributed by atoms with Gasteiger partial charge in [-0.25, -0.2) is 0 Å². The Morgan fingerprint density at radius 3 is 1.14 bits per heavy atom. The summed E-state index contributed by atoms with van der Waals surface area (Å²) in [4.78, 5) is 25.6. The molecule has 2 N–H and O–H groups in total. The highest BCUT2D eigenvalue weighted by Gasteiger charge is 2.23. The topological polar surface area (TPSA) is 108 Å². The molecule has 0 bridgehead atoms. The molecule has 0 radical (unpaired) electrons. The molecule has 1 amide bonds. The minimum atomic E-state index is -4.61. The lowest BCUT2D eigenvalue weighted by Gasteiger charge is -2.29. The minimum Gasteiger partial charge on any atom is -0.756 e. The van der Waals surface area contributed by atoms with Crippen molar-refractivity contribution in [1.29, 1.82) is 0 Å². The number of hydrogen-bond acceptors (Lipinski definition) is 6. The number of allylic oxidation sites excluding steroid dienone is 9. The smallest absolute Gasteiger partial charge is 0.268 e. The van der Waals surface area contributed by atoms with Crippen molar-refractivity contribution in [1.82, 2.24) is 5.32 Å². The van der Waals surface area contributed by atoms with Crippen LogP contribution in [0.1, 0.15) is 309 Å². The molecule has 9 heteroatoms. The van der Waals surface area contributed by atoms with Crippen molar-refractivity contribution in [2.45, 2.75) is 321 Å². The van der Waals surface area contributed by atoms with Crippen molar-refractivity contribution < 1.29 is 32.9 Å². The number of aliphatic hydroxyl groups excluding tert-OH is 1. The van der Waals surface area contributed by atoms with Gasteiger partial charge in [-0.2, -0.15) is 0 Å². The van der Waals surface area contributed by atoms with E-state index in [1.807, 2.05) is 27.2 Å². The number of amides is 1. The number of phosphoric ester groups is 1. The van der Waals surface area contributed by atoms with E-state index in [1.54, 1.807) is 6.08 Å². The van der Waals surface area contributed by atoms with Crippen molar-refractivity contribution in [3.63, 3.8) is 0 Å². The van der Waals surface area contributed by atoms with Gasteiger partial charge in [0.25, 0.3) is 7.82 Å². The molecule has 0 rings (SSSR count). The molecule has 0 spiro atoms. The summed E-state index contributed by atoms with van der Waals surface area (Å²) in [5, 5.41) is 13.9. The third-order valence-corrected chi connectivity index (χ3v) is 15.6. The van der Waals surface area contributed by atoms with Crippen LogP contribution >= 0.6 is 7.82 Å². The lowest BCUT2D eigenvalue weighted by molar-refractivity contribution is -0.870. The normalized spacial score (nSPS) is 14.1. The van der Waals surface area contributed by atoms with Crippen LogP contribution in [0, 0.1) is 0 Å². The van der Waals surface area contributed by atoms with Crippen molar-refractivity contribution in [3.8, 4) is 0 Å². The van der Waals surface area contributed by atoms with E-state index in [2.05, 4.69) is 67.8 Å². The van der Waals surface area contributed by atoms with Gasteiger partial charge in [-0.15, -0.1) is 0 Å². The molecule has 0 aromatic rings. The van der Waals surface area contributed by atoms with E-state index in [-0.39, 0.29) is 12.5 Å². The molecule has 3 atom stereocenters. The Balaban J connectivity index is 4.11. The number of carbonyl (C=O) groups excluding carboxylic acids is 1. The zero-order valence-electron chi connectivity index (χ0n) is 51.0. The number of carbonyl (C=O) groups is 1. The van der Waals surface area contributed by atoms with Crippen LogP contribution in [0.2, 0.25) is 0 Å². The summed E-state index contributed by atoms with van der Waals surface area (Å²) < 4.78 is 23.4. The first-order chi connectivity index (χ1) is 37.0. The number of rotatable bonds is 60. The molecule has 3 unspecified atom stereocenters. The van der Waals surface area contributed by atoms with E-state index in [1.165, 1.54) is 238 Å². The van der Waals surface area contributed by atoms with Crippen LogP contribution in [-0.4, -0.2) is 68.5 Å². The molecule has 0 saturated heterocycles. The Bertz CT molecular complexity index is 1420. The van der Waals surface area contributed by atoms with Gasteiger partial charge in [0, 0.05) is 6.42 Å². The van der Waals surface area contributed by atoms with Crippen LogP contribution < -0.4 is 10.2 Å². The van der Waals surface area contributed by atoms with Crippen molar-refractivity contribution >= 4 is 13.7 Å². The molecule has 0 aliphatic carbocycles. The third-order valence-electron chi connectivity index (χ3n) is 14.7. The molecule has 0 heterocycles. The number of nitrogens with zero attached hydrogens (tertiary/aromatic N) is 1. The van der Waals surface area contributed by atoms with Gasteiger partial charge in [0.1, 0.15) is 13.2 Å². The maximum Gasteiger partial charge on any atom is 0.268 e. The second-order valence-corrected chi connectivity index (χ2v) is 24.9. The van der Waals surface area contributed by atoms with E-state index in [0.29, 0.717) is 17.4 Å². The molecule has 446 valence electrons. The van der Waals surface area contributed by atoms with Crippen molar-refractivity contribution in [2.75, 3.05) is 40.9 Å². The Labute approximate surface area is 472 Å². The SMILES string of the molecule is CCCCCCCCCCC/C=C\C/C=C\CCCCCCCCCCCCCCCCCCCC(=O)NC(COP(=O)([O-])OCC[N+](C)(C)C)C(O)/C=C/CC/C=C/CC/C=C/CCCCCCCCCCCCC. The molecule has 0 saturated carbocycles. The predicted octanol–water partition coefficient (Wildman–Crippen LogP) is 19.8. The van der Waals surface area contributed by atoms with E-state index >= 15 is 0 Å². The number of likely N-dealkylation sites (N-methyl/N-ethyl adjacent to an activating group) is 1. The van der Waals surface area contributed by atoms with Gasteiger partial charge in [-0.3, -0.25) is 9.36 Å². The largest absolute Gasteiger partial charge is 0.756 e. The standard InChI is InChI=1S/C67H127N2O6P/c1-6-8-10-12-14-16-18-20-22-24-26-28-29-30-31-32-33-34-35-36-37-38-39-41-43-45-47-49-51-53-55-57-59-61-67(71)68-65(64-75-76(72,73)74-63-62-69(3,4)5)66(70)60-58-56-54-52-50-48-46-44-42-40-27-25-23-21-19-17-15-13-11-9-7-2/h26,28,30-31,42,44,50,52,58,60,65-66,70H,6-25,27,29,32-41,43,45-49,51,53-57,59,61-64H2,1-5H3,(H-,68,71,72,73)/b28-26-,31-30-,44-42+,52-50+,60-58+. The lowest BCUT2D eigenvalue weighted by Crippen LogP contribution is -2.45. The first-order valence-corrected chi connectivity index (χ1v) is 34.1. The maximum absolute atomic E-state index is 13.0. The summed E-state index contributed by atoms with van der Waals surface area (Å²) in [5.74, 6) is -0.208. The average molecular weight is 1090 g/mol. The summed E-state index contributed by atoms with van der Waals surface area (Å²) in [5.41, 5.74) is 0. The van der Waals surface area contributed by atoms with Crippen LogP contribution in [0.25, 0.3) is 0 Å². The Hall–Kier alpha value is -1.80. The highest BCUT2D eigenvalue weighted by molar-refractivity contribution is 7.45. The highest BCUT2D eigenvalue weighted by atomic mass is 31.2. The summed E-state index contributed by atoms with van der Waals surface area (Å²) in [6.45, 7) is 4.65. The molecule has 0 aromatic carbocycles. The molecule has 76 heavy (non-hydrogen) atoms. The lowest BCUT2D eigenvalue weighted by atomic mass is 10.0. The highest BCUT2D eigenvalue weighted by Crippen LogP contribution is 2.38. The van der Waals surface area contributed by atoms with E-state index in [4.69, 9.17) is 9.05 Å². The van der Waals surface area contributed by atoms with Crippen LogP contribution in [-0.2, 0) is 18.4 Å². The van der Waals surface area contributed by atoms with Gasteiger partial charge in [0.05, 0.1) is 39.9 Å². The van der Waals surface area contributed by atoms with E-state index in [0.717, 1.165) is 51.4 Å². The van der Waals surface area contributed by atoms with Crippen LogP contribution in [0.3, 0.4) is 0 Å². The molecule has 0 fully saturated rings. The summed E-state index contributed by atoms with van der Waals surface area (Å²) >= 11 is 0. The fourth-order valence-corrected chi connectivity index (χ4v) is 10.3. The fourth-order valence-electron chi connectivity index (χ4n) is 9.57. The van der Waals surface area contributed by atoms with Gasteiger partial charge in [-0.1, -0.05) is 286 Å². The number of hydrogen-bond donors (Lipinski definition) is 2. The molecule has 0 aliphatic heterocycles. The van der Waals surface area contributed by atoms with E-state index < -0.39 is 26.6 Å². The third kappa shape index (κ3) is 59.9. The second kappa shape index (κ2) is 57.9. The van der Waals surface area contributed by atoms with Crippen LogP contribution in [0.15, 0.2) is 60.8 Å². The quantitative estimate of drug-likeness (QED) is 0.0272. The summed E-state index contributed by atoms with van der Waals surface area (Å²) in [6.07, 6.45) is 79.0. The molecular weight excluding hydrogens is 960 g/mol. The number of quaternary nitrogens is 1. The Kier molecular flexibility index (Phi) is 56.5. The van der Waals surface area contributed by atoms with Crippen molar-refractivity contribution in [2.24, 2.45) is 0 Å². The van der Waals surface area contributed by atoms with Crippen molar-refractivity contribution in [3.05, 3.63) is 60.8 Å². The first kappa shape index (κ1) is 74.2. The molecule has 0 aromatic heterocycles. The summed E-state index contributed by atoms with van der Waals surface area (Å²) in [7, 11) is 1.24. The monoisotopic (exact) mass is 1090 g/mol. The zero-order chi connectivity index (χ0) is 55.6. The van der Waals surface area contributed by atoms with E-state index in [9.17, 15) is 19.4 Å². The van der Waals surface area contributed by atoms with Gasteiger partial charge in [-0.05, 0) is 77.0 Å². The van der Waals surface area contributed by atoms with Gasteiger partial charge < -0.3 is 28.8 Å². The van der Waals surface area contributed by atoms with Crippen LogP contribution in [0.5, 0.6) is 0 Å². The minimum absolute atomic E-state index is 0.00945. The Morgan fingerprint density at radius 1 is 0.461 bits per heavy atom. The summed E-state index contributed by atoms with van der Waals surface area (Å²) in [6, 6.07) is -0.912. The molecule has 8 nitrogen and oxygen atoms in total. The van der Waals surface area contributed by atoms with Gasteiger partial charge in [0.15, 0.2) is 0 Å². The fraction of sp³-hybridized carbons (Fsp3) is 0.836. The first-order valence-electron chi connectivity index (χ1n) is 32.7. The number of nitrogens with one attached hydrogen (secondary N) is 1. The maximum atomic E-state index is 13.0. The number of unbranched alkanes of at least 4 members (excludes halogenated alkanes) is 39. The van der Waals surface area contributed by atoms with Gasteiger partial charge in [0.2, 0.25) is 5.91 Å². The molecular formula is C67H127N2O6P.